The van der Waals surface area contributed by atoms with Gasteiger partial charge >= 0.3 is 0 Å². The Morgan fingerprint density at radius 3 is 2.85 bits per heavy atom. The third-order valence-electron chi connectivity index (χ3n) is 2.40. The van der Waals surface area contributed by atoms with E-state index in [1.54, 1.807) is 12.1 Å². The number of rotatable bonds is 2. The Labute approximate surface area is 77.4 Å². The molecule has 0 bridgehead atoms. The molecule has 0 saturated heterocycles. The summed E-state index contributed by atoms with van der Waals surface area (Å²) >= 11 is 0. The summed E-state index contributed by atoms with van der Waals surface area (Å²) in [5.41, 5.74) is 1.55. The third kappa shape index (κ3) is 1.81. The molecule has 2 rings (SSSR count). The molecular weight excluding hydrogens is 162 g/mol. The van der Waals surface area contributed by atoms with Crippen LogP contribution in [0.4, 0.5) is 0 Å². The van der Waals surface area contributed by atoms with Crippen molar-refractivity contribution in [1.82, 2.24) is 0 Å². The predicted octanol–water partition coefficient (Wildman–Crippen LogP) is 2.22. The monoisotopic (exact) mass is 173 g/mol. The van der Waals surface area contributed by atoms with Crippen LogP contribution < -0.4 is 0 Å². The molecule has 1 aromatic rings. The molecule has 0 atom stereocenters. The molecule has 2 heteroatoms. The van der Waals surface area contributed by atoms with E-state index in [2.05, 4.69) is 0 Å². The second-order valence-corrected chi connectivity index (χ2v) is 3.61. The van der Waals surface area contributed by atoms with Crippen molar-refractivity contribution in [3.8, 4) is 11.8 Å². The van der Waals surface area contributed by atoms with Gasteiger partial charge in [0.05, 0.1) is 5.56 Å². The van der Waals surface area contributed by atoms with Crippen molar-refractivity contribution in [2.24, 2.45) is 5.92 Å². The van der Waals surface area contributed by atoms with E-state index < -0.39 is 0 Å². The summed E-state index contributed by atoms with van der Waals surface area (Å²) in [5, 5.41) is 17.9. The molecule has 2 nitrogen and oxygen atoms in total. The molecule has 1 aliphatic carbocycles. The van der Waals surface area contributed by atoms with Crippen molar-refractivity contribution in [3.63, 3.8) is 0 Å². The normalized spacial score (nSPS) is 15.3. The van der Waals surface area contributed by atoms with Gasteiger partial charge in [-0.15, -0.1) is 0 Å². The Morgan fingerprint density at radius 1 is 1.46 bits per heavy atom. The van der Waals surface area contributed by atoms with Gasteiger partial charge in [0, 0.05) is 0 Å². The predicted molar refractivity (Wildman–Crippen MR) is 49.2 cm³/mol. The maximum atomic E-state index is 9.26. The summed E-state index contributed by atoms with van der Waals surface area (Å²) in [6.07, 6.45) is 3.67. The van der Waals surface area contributed by atoms with Crippen LogP contribution in [-0.2, 0) is 6.42 Å². The fourth-order valence-electron chi connectivity index (χ4n) is 1.46. The highest BCUT2D eigenvalue weighted by atomic mass is 16.3. The molecule has 1 fully saturated rings. The first-order chi connectivity index (χ1) is 6.29. The van der Waals surface area contributed by atoms with Gasteiger partial charge in [0.25, 0.3) is 0 Å². The van der Waals surface area contributed by atoms with Crippen molar-refractivity contribution in [2.75, 3.05) is 0 Å². The second kappa shape index (κ2) is 3.10. The number of aromatic hydroxyl groups is 1. The fraction of sp³-hybridized carbons (Fsp3) is 0.364. The topological polar surface area (TPSA) is 44.0 Å². The van der Waals surface area contributed by atoms with Crippen molar-refractivity contribution in [3.05, 3.63) is 29.3 Å². The van der Waals surface area contributed by atoms with E-state index in [0.29, 0.717) is 5.56 Å². The number of nitrogens with zero attached hydrogens (tertiary/aromatic N) is 1. The minimum atomic E-state index is 0.0852. The van der Waals surface area contributed by atoms with E-state index in [0.717, 1.165) is 17.9 Å². The average molecular weight is 173 g/mol. The molecule has 0 aromatic heterocycles. The third-order valence-corrected chi connectivity index (χ3v) is 2.40. The van der Waals surface area contributed by atoms with Crippen LogP contribution in [0, 0.1) is 17.2 Å². The molecule has 0 spiro atoms. The summed E-state index contributed by atoms with van der Waals surface area (Å²) in [7, 11) is 0. The fourth-order valence-corrected chi connectivity index (χ4v) is 1.46. The lowest BCUT2D eigenvalue weighted by Gasteiger charge is -2.01. The lowest BCUT2D eigenvalue weighted by atomic mass is 10.1. The SMILES string of the molecule is N#Cc1cc(CC2CC2)ccc1O. The number of benzene rings is 1. The summed E-state index contributed by atoms with van der Waals surface area (Å²) in [6, 6.07) is 7.27. The maximum absolute atomic E-state index is 9.26. The van der Waals surface area contributed by atoms with E-state index in [1.807, 2.05) is 12.1 Å². The smallest absolute Gasteiger partial charge is 0.133 e. The quantitative estimate of drug-likeness (QED) is 0.745. The lowest BCUT2D eigenvalue weighted by Crippen LogP contribution is -1.88. The largest absolute Gasteiger partial charge is 0.507 e. The number of phenolic OH excluding ortho intramolecular Hbond substituents is 1. The van der Waals surface area contributed by atoms with Crippen LogP contribution in [0.15, 0.2) is 18.2 Å². The maximum Gasteiger partial charge on any atom is 0.133 e. The van der Waals surface area contributed by atoms with Gasteiger partial charge in [0.1, 0.15) is 11.8 Å². The Kier molecular flexibility index (Phi) is 1.94. The highest BCUT2D eigenvalue weighted by Crippen LogP contribution is 2.33. The molecule has 1 N–H and O–H groups in total. The van der Waals surface area contributed by atoms with E-state index in [9.17, 15) is 5.11 Å². The second-order valence-electron chi connectivity index (χ2n) is 3.61. The summed E-state index contributed by atoms with van der Waals surface area (Å²) < 4.78 is 0. The van der Waals surface area contributed by atoms with Gasteiger partial charge in [0.2, 0.25) is 0 Å². The van der Waals surface area contributed by atoms with Crippen molar-refractivity contribution >= 4 is 0 Å². The Hall–Kier alpha value is -1.49. The van der Waals surface area contributed by atoms with Crippen molar-refractivity contribution < 1.29 is 5.11 Å². The Balaban J connectivity index is 2.22. The molecule has 0 radical (unpaired) electrons. The van der Waals surface area contributed by atoms with Gasteiger partial charge in [-0.3, -0.25) is 0 Å². The zero-order chi connectivity index (χ0) is 9.26. The lowest BCUT2D eigenvalue weighted by molar-refractivity contribution is 0.473. The van der Waals surface area contributed by atoms with E-state index in [-0.39, 0.29) is 5.75 Å². The summed E-state index contributed by atoms with van der Waals surface area (Å²) in [6.45, 7) is 0. The van der Waals surface area contributed by atoms with Crippen LogP contribution in [0.5, 0.6) is 5.75 Å². The molecule has 1 aromatic carbocycles. The van der Waals surface area contributed by atoms with Crippen LogP contribution in [-0.4, -0.2) is 5.11 Å². The molecule has 0 amide bonds. The standard InChI is InChI=1S/C11H11NO/c12-7-10-6-9(3-4-11(10)13)5-8-1-2-8/h3-4,6,8,13H,1-2,5H2. The van der Waals surface area contributed by atoms with E-state index >= 15 is 0 Å². The van der Waals surface area contributed by atoms with E-state index in [1.165, 1.54) is 12.8 Å². The van der Waals surface area contributed by atoms with Gasteiger partial charge in [-0.1, -0.05) is 6.07 Å². The van der Waals surface area contributed by atoms with Crippen LogP contribution in [0.2, 0.25) is 0 Å². The molecule has 1 aliphatic rings. The van der Waals surface area contributed by atoms with Gasteiger partial charge in [-0.2, -0.15) is 5.26 Å². The zero-order valence-corrected chi connectivity index (χ0v) is 7.33. The van der Waals surface area contributed by atoms with Crippen molar-refractivity contribution in [1.29, 1.82) is 5.26 Å². The Bertz CT molecular complexity index is 361. The first-order valence-corrected chi connectivity index (χ1v) is 4.51. The van der Waals surface area contributed by atoms with Gasteiger partial charge in [-0.25, -0.2) is 0 Å². The van der Waals surface area contributed by atoms with Crippen LogP contribution >= 0.6 is 0 Å². The molecular formula is C11H11NO. The molecule has 0 unspecified atom stereocenters. The first-order valence-electron chi connectivity index (χ1n) is 4.51. The van der Waals surface area contributed by atoms with Crippen LogP contribution in [0.25, 0.3) is 0 Å². The van der Waals surface area contributed by atoms with E-state index in [4.69, 9.17) is 5.26 Å². The Morgan fingerprint density at radius 2 is 2.23 bits per heavy atom. The average Bonchev–Trinajstić information content (AvgIpc) is 2.92. The molecule has 66 valence electrons. The molecule has 13 heavy (non-hydrogen) atoms. The minimum absolute atomic E-state index is 0.0852. The number of nitriles is 1. The number of phenols is 1. The first kappa shape index (κ1) is 8.12. The minimum Gasteiger partial charge on any atom is -0.507 e. The summed E-state index contributed by atoms with van der Waals surface area (Å²) in [5.74, 6) is 0.901. The van der Waals surface area contributed by atoms with Crippen molar-refractivity contribution in [2.45, 2.75) is 19.3 Å². The number of hydrogen-bond acceptors (Lipinski definition) is 2. The zero-order valence-electron chi connectivity index (χ0n) is 7.33. The highest BCUT2D eigenvalue weighted by molar-refractivity contribution is 5.44. The van der Waals surface area contributed by atoms with Gasteiger partial charge in [-0.05, 0) is 42.9 Å². The summed E-state index contributed by atoms with van der Waals surface area (Å²) in [4.78, 5) is 0. The highest BCUT2D eigenvalue weighted by Gasteiger charge is 2.21. The molecule has 1 saturated carbocycles. The van der Waals surface area contributed by atoms with Gasteiger partial charge < -0.3 is 5.11 Å². The molecule has 0 heterocycles. The number of hydrogen-bond donors (Lipinski definition) is 1. The molecule has 0 aliphatic heterocycles. The van der Waals surface area contributed by atoms with Crippen LogP contribution in [0.3, 0.4) is 0 Å². The van der Waals surface area contributed by atoms with Crippen LogP contribution in [0.1, 0.15) is 24.0 Å². The van der Waals surface area contributed by atoms with Gasteiger partial charge in [0.15, 0.2) is 0 Å².